The van der Waals surface area contributed by atoms with Gasteiger partial charge in [-0.15, -0.1) is 0 Å². The highest BCUT2D eigenvalue weighted by atomic mass is 32.2. The number of carbonyl (C=O) groups is 1. The maximum Gasteiger partial charge on any atom is 0.269 e. The van der Waals surface area contributed by atoms with Crippen LogP contribution in [0.4, 0.5) is 11.4 Å². The quantitative estimate of drug-likeness (QED) is 0.331. The number of benzene rings is 3. The number of nitro benzene ring substituents is 1. The summed E-state index contributed by atoms with van der Waals surface area (Å²) in [5.41, 5.74) is 0.696. The van der Waals surface area contributed by atoms with Crippen LogP contribution in [-0.2, 0) is 10.0 Å². The first kappa shape index (κ1) is 20.6. The molecule has 0 bridgehead atoms. The summed E-state index contributed by atoms with van der Waals surface area (Å²) in [5, 5.41) is 10.7. The maximum atomic E-state index is 12.7. The summed E-state index contributed by atoms with van der Waals surface area (Å²) in [6.45, 7) is 1.41. The van der Waals surface area contributed by atoms with E-state index < -0.39 is 14.9 Å². The lowest BCUT2D eigenvalue weighted by Crippen LogP contribution is -2.13. The third kappa shape index (κ3) is 5.21. The van der Waals surface area contributed by atoms with Gasteiger partial charge in [-0.05, 0) is 49.4 Å². The summed E-state index contributed by atoms with van der Waals surface area (Å²) in [4.78, 5) is 23.2. The molecule has 0 saturated carbocycles. The Bertz CT molecular complexity index is 1180. The molecule has 3 aromatic rings. The molecule has 0 aromatic heterocycles. The van der Waals surface area contributed by atoms with Crippen molar-refractivity contribution in [3.8, 4) is 0 Å². The molecule has 3 aromatic carbocycles. The lowest BCUT2D eigenvalue weighted by Gasteiger charge is -2.10. The van der Waals surface area contributed by atoms with Crippen molar-refractivity contribution in [2.45, 2.75) is 21.6 Å². The van der Waals surface area contributed by atoms with Gasteiger partial charge < -0.3 is 0 Å². The summed E-state index contributed by atoms with van der Waals surface area (Å²) >= 11 is 1.29. The molecule has 7 nitrogen and oxygen atoms in total. The molecule has 0 spiro atoms. The van der Waals surface area contributed by atoms with Crippen molar-refractivity contribution in [3.05, 3.63) is 88.5 Å². The number of nitro groups is 1. The Balaban J connectivity index is 1.81. The number of non-ortho nitro benzene ring substituents is 1. The Labute approximate surface area is 172 Å². The average molecular weight is 428 g/mol. The van der Waals surface area contributed by atoms with E-state index in [9.17, 15) is 23.3 Å². The van der Waals surface area contributed by atoms with Crippen molar-refractivity contribution in [2.75, 3.05) is 4.72 Å². The van der Waals surface area contributed by atoms with Crippen LogP contribution in [0.1, 0.15) is 17.3 Å². The lowest BCUT2D eigenvalue weighted by atomic mass is 10.1. The third-order valence-corrected chi connectivity index (χ3v) is 6.30. The van der Waals surface area contributed by atoms with Crippen LogP contribution in [0.15, 0.2) is 87.5 Å². The van der Waals surface area contributed by atoms with E-state index in [2.05, 4.69) is 4.72 Å². The van der Waals surface area contributed by atoms with Crippen LogP contribution in [0.3, 0.4) is 0 Å². The second kappa shape index (κ2) is 8.46. The van der Waals surface area contributed by atoms with Gasteiger partial charge in [0.1, 0.15) is 0 Å². The molecule has 0 amide bonds. The number of anilines is 1. The van der Waals surface area contributed by atoms with Gasteiger partial charge in [0.15, 0.2) is 5.78 Å². The largest absolute Gasteiger partial charge is 0.295 e. The van der Waals surface area contributed by atoms with Gasteiger partial charge in [0.25, 0.3) is 15.7 Å². The molecule has 0 aliphatic heterocycles. The first-order valence-corrected chi connectivity index (χ1v) is 10.7. The second-order valence-electron chi connectivity index (χ2n) is 6.07. The molecule has 29 heavy (non-hydrogen) atoms. The molecule has 0 radical (unpaired) electrons. The Morgan fingerprint density at radius 2 is 1.66 bits per heavy atom. The minimum absolute atomic E-state index is 0.0114. The number of Topliss-reactive ketones (excluding diaryl/α,β-unsaturated/α-hetero) is 1. The van der Waals surface area contributed by atoms with Crippen LogP contribution < -0.4 is 4.72 Å². The molecule has 1 N–H and O–H groups in total. The Hall–Kier alpha value is -3.17. The highest BCUT2D eigenvalue weighted by Crippen LogP contribution is 2.30. The molecule has 3 rings (SSSR count). The van der Waals surface area contributed by atoms with Gasteiger partial charge in [-0.1, -0.05) is 30.0 Å². The topological polar surface area (TPSA) is 106 Å². The van der Waals surface area contributed by atoms with E-state index in [4.69, 9.17) is 0 Å². The molecular formula is C20H16N2O5S2. The minimum Gasteiger partial charge on any atom is -0.295 e. The van der Waals surface area contributed by atoms with Crippen molar-refractivity contribution in [1.82, 2.24) is 0 Å². The zero-order valence-electron chi connectivity index (χ0n) is 15.2. The second-order valence-corrected chi connectivity index (χ2v) is 8.90. The van der Waals surface area contributed by atoms with Gasteiger partial charge in [0.2, 0.25) is 0 Å². The minimum atomic E-state index is -3.85. The van der Waals surface area contributed by atoms with E-state index in [1.807, 2.05) is 0 Å². The number of carbonyl (C=O) groups excluding carboxylic acids is 1. The van der Waals surface area contributed by atoms with E-state index in [1.165, 1.54) is 49.0 Å². The summed E-state index contributed by atoms with van der Waals surface area (Å²) in [6, 6.07) is 18.6. The average Bonchev–Trinajstić information content (AvgIpc) is 2.68. The van der Waals surface area contributed by atoms with E-state index in [0.717, 1.165) is 4.90 Å². The number of ketones is 1. The summed E-state index contributed by atoms with van der Waals surface area (Å²) in [5.74, 6) is -0.160. The van der Waals surface area contributed by atoms with Gasteiger partial charge >= 0.3 is 0 Å². The number of nitrogens with zero attached hydrogens (tertiary/aromatic N) is 1. The Kier molecular flexibility index (Phi) is 6.00. The van der Waals surface area contributed by atoms with E-state index in [1.54, 1.807) is 42.5 Å². The van der Waals surface area contributed by atoms with Gasteiger partial charge in [-0.3, -0.25) is 19.6 Å². The highest BCUT2D eigenvalue weighted by Gasteiger charge is 2.16. The molecule has 0 fully saturated rings. The van der Waals surface area contributed by atoms with Crippen molar-refractivity contribution >= 4 is 38.9 Å². The van der Waals surface area contributed by atoms with Crippen LogP contribution in [-0.4, -0.2) is 19.1 Å². The fourth-order valence-electron chi connectivity index (χ4n) is 2.49. The normalized spacial score (nSPS) is 11.1. The van der Waals surface area contributed by atoms with Gasteiger partial charge in [-0.2, -0.15) is 0 Å². The molecule has 0 heterocycles. The fraction of sp³-hybridized carbons (Fsp3) is 0.0500. The summed E-state index contributed by atoms with van der Waals surface area (Å²) < 4.78 is 27.9. The van der Waals surface area contributed by atoms with Crippen molar-refractivity contribution < 1.29 is 18.1 Å². The Morgan fingerprint density at radius 3 is 2.31 bits per heavy atom. The van der Waals surface area contributed by atoms with Crippen LogP contribution in [0.25, 0.3) is 0 Å². The predicted octanol–water partition coefficient (Wildman–Crippen LogP) is 4.75. The fourth-order valence-corrected chi connectivity index (χ4v) is 4.54. The van der Waals surface area contributed by atoms with E-state index >= 15 is 0 Å². The first-order chi connectivity index (χ1) is 13.7. The molecular weight excluding hydrogens is 412 g/mol. The highest BCUT2D eigenvalue weighted by molar-refractivity contribution is 7.99. The number of nitrogens with one attached hydrogen (secondary N) is 1. The van der Waals surface area contributed by atoms with Crippen LogP contribution >= 0.6 is 11.8 Å². The predicted molar refractivity (Wildman–Crippen MR) is 111 cm³/mol. The molecule has 9 heteroatoms. The van der Waals surface area contributed by atoms with Crippen molar-refractivity contribution in [1.29, 1.82) is 0 Å². The molecule has 0 aliphatic rings. The summed E-state index contributed by atoms with van der Waals surface area (Å²) in [6.07, 6.45) is 0. The van der Waals surface area contributed by atoms with Crippen molar-refractivity contribution in [2.24, 2.45) is 0 Å². The molecule has 0 atom stereocenters. The molecule has 148 valence electrons. The maximum absolute atomic E-state index is 12.7. The SMILES string of the molecule is CC(=O)c1cccc(NS(=O)(=O)c2cccc(Sc3ccc([N+](=O)[O-])cc3)c2)c1. The molecule has 0 aliphatic carbocycles. The lowest BCUT2D eigenvalue weighted by molar-refractivity contribution is -0.384. The monoisotopic (exact) mass is 428 g/mol. The van der Waals surface area contributed by atoms with Gasteiger partial charge in [-0.25, -0.2) is 8.42 Å². The zero-order chi connectivity index (χ0) is 21.0. The molecule has 0 saturated heterocycles. The Morgan fingerprint density at radius 1 is 0.966 bits per heavy atom. The smallest absolute Gasteiger partial charge is 0.269 e. The first-order valence-electron chi connectivity index (χ1n) is 8.41. The number of hydrogen-bond donors (Lipinski definition) is 1. The number of rotatable bonds is 7. The standard InChI is InChI=1S/C20H16N2O5S2/c1-14(23)15-4-2-5-16(12-15)21-29(26,27)20-7-3-6-19(13-20)28-18-10-8-17(9-11-18)22(24)25/h2-13,21H,1H3. The van der Waals surface area contributed by atoms with Crippen LogP contribution in [0, 0.1) is 10.1 Å². The van der Waals surface area contributed by atoms with Crippen LogP contribution in [0.5, 0.6) is 0 Å². The van der Waals surface area contributed by atoms with Gasteiger partial charge in [0, 0.05) is 33.2 Å². The summed E-state index contributed by atoms with van der Waals surface area (Å²) in [7, 11) is -3.85. The van der Waals surface area contributed by atoms with E-state index in [-0.39, 0.29) is 16.4 Å². The van der Waals surface area contributed by atoms with Crippen molar-refractivity contribution in [3.63, 3.8) is 0 Å². The zero-order valence-corrected chi connectivity index (χ0v) is 16.9. The third-order valence-electron chi connectivity index (χ3n) is 3.92. The molecule has 0 unspecified atom stereocenters. The number of sulfonamides is 1. The number of hydrogen-bond acceptors (Lipinski definition) is 6. The van der Waals surface area contributed by atoms with Gasteiger partial charge in [0.05, 0.1) is 9.82 Å². The van der Waals surface area contributed by atoms with Crippen LogP contribution in [0.2, 0.25) is 0 Å². The van der Waals surface area contributed by atoms with E-state index in [0.29, 0.717) is 16.1 Å².